The highest BCUT2D eigenvalue weighted by Crippen LogP contribution is 2.39. The first-order chi connectivity index (χ1) is 17.0. The van der Waals surface area contributed by atoms with E-state index in [0.29, 0.717) is 12.2 Å². The predicted octanol–water partition coefficient (Wildman–Crippen LogP) is 4.13. The zero-order chi connectivity index (χ0) is 24.3. The maximum absolute atomic E-state index is 12.4. The average Bonchev–Trinajstić information content (AvgIpc) is 3.51. The first-order valence-electron chi connectivity index (χ1n) is 12.6. The third-order valence-electron chi connectivity index (χ3n) is 7.52. The highest BCUT2D eigenvalue weighted by Gasteiger charge is 2.42. The van der Waals surface area contributed by atoms with Crippen LogP contribution in [0.5, 0.6) is 0 Å². The summed E-state index contributed by atoms with van der Waals surface area (Å²) in [6.07, 6.45) is 5.91. The Morgan fingerprint density at radius 2 is 1.77 bits per heavy atom. The number of amides is 1. The number of aromatic nitrogens is 2. The van der Waals surface area contributed by atoms with Crippen molar-refractivity contribution in [2.75, 3.05) is 31.6 Å². The van der Waals surface area contributed by atoms with Crippen LogP contribution in [-0.4, -0.2) is 59.0 Å². The molecule has 2 aliphatic heterocycles. The van der Waals surface area contributed by atoms with E-state index in [1.54, 1.807) is 24.0 Å². The molecular formula is C28H35N5O2. The molecule has 2 saturated heterocycles. The molecule has 1 N–H and O–H groups in total. The molecule has 3 aromatic rings. The fourth-order valence-corrected chi connectivity index (χ4v) is 5.30. The van der Waals surface area contributed by atoms with E-state index in [9.17, 15) is 4.79 Å². The van der Waals surface area contributed by atoms with Gasteiger partial charge in [-0.15, -0.1) is 0 Å². The van der Waals surface area contributed by atoms with Crippen LogP contribution in [0.3, 0.4) is 0 Å². The molecule has 0 saturated carbocycles. The van der Waals surface area contributed by atoms with Crippen LogP contribution in [0, 0.1) is 0 Å². The molecule has 7 heteroatoms. The summed E-state index contributed by atoms with van der Waals surface area (Å²) in [6, 6.07) is 21.1. The van der Waals surface area contributed by atoms with Crippen molar-refractivity contribution in [2.45, 2.75) is 43.9 Å². The molecule has 184 valence electrons. The molecule has 1 spiro atoms. The Morgan fingerprint density at radius 1 is 1.06 bits per heavy atom. The van der Waals surface area contributed by atoms with Gasteiger partial charge in [-0.05, 0) is 61.6 Å². The second-order valence-electron chi connectivity index (χ2n) is 9.85. The van der Waals surface area contributed by atoms with Gasteiger partial charge in [-0.3, -0.25) is 14.4 Å². The largest absolute Gasteiger partial charge is 0.370 e. The minimum atomic E-state index is -0.0923. The zero-order valence-electron chi connectivity index (χ0n) is 20.7. The highest BCUT2D eigenvalue weighted by molar-refractivity contribution is 5.92. The third-order valence-corrected chi connectivity index (χ3v) is 7.52. The van der Waals surface area contributed by atoms with Crippen LogP contribution in [-0.2, 0) is 18.3 Å². The van der Waals surface area contributed by atoms with Crippen LogP contribution >= 0.6 is 0 Å². The summed E-state index contributed by atoms with van der Waals surface area (Å²) < 4.78 is 8.10. The Balaban J connectivity index is 1.08. The minimum Gasteiger partial charge on any atom is -0.370 e. The van der Waals surface area contributed by atoms with Crippen LogP contribution in [0.2, 0.25) is 0 Å². The van der Waals surface area contributed by atoms with Crippen LogP contribution in [0.15, 0.2) is 66.9 Å². The molecule has 7 nitrogen and oxygen atoms in total. The molecule has 1 amide bonds. The highest BCUT2D eigenvalue weighted by atomic mass is 16.5. The summed E-state index contributed by atoms with van der Waals surface area (Å²) >= 11 is 0. The van der Waals surface area contributed by atoms with Gasteiger partial charge in [-0.1, -0.05) is 30.3 Å². The van der Waals surface area contributed by atoms with Gasteiger partial charge in [0.2, 0.25) is 0 Å². The molecule has 1 unspecified atom stereocenters. The van der Waals surface area contributed by atoms with Gasteiger partial charge in [0.05, 0.1) is 11.7 Å². The Labute approximate surface area is 207 Å². The molecule has 5 rings (SSSR count). The molecule has 3 heterocycles. The summed E-state index contributed by atoms with van der Waals surface area (Å²) in [5.41, 5.74) is 4.27. The van der Waals surface area contributed by atoms with E-state index in [-0.39, 0.29) is 17.6 Å². The fraction of sp³-hybridized carbons (Fsp3) is 0.429. The molecule has 1 aromatic heterocycles. The number of para-hydroxylation sites is 1. The van der Waals surface area contributed by atoms with Crippen molar-refractivity contribution >= 4 is 17.3 Å². The van der Waals surface area contributed by atoms with Crippen molar-refractivity contribution in [3.05, 3.63) is 78.1 Å². The minimum absolute atomic E-state index is 0.0271. The lowest BCUT2D eigenvalue weighted by atomic mass is 9.88. The standard InChI is InChI=1S/C28H35N5O2/c1-31(23-6-4-3-5-7-23)24-10-8-22(9-11-24)21-33-18-15-28(16-19-33)14-12-25(35-28)20-29-27(34)26-13-17-30-32(26)2/h3-11,13,17,25H,12,14-16,18-21H2,1-2H3,(H,29,34). The number of nitrogens with zero attached hydrogens (tertiary/aromatic N) is 4. The maximum atomic E-state index is 12.4. The second kappa shape index (κ2) is 10.2. The molecule has 2 aliphatic rings. The number of likely N-dealkylation sites (tertiary alicyclic amines) is 1. The molecule has 2 aromatic carbocycles. The number of hydrogen-bond acceptors (Lipinski definition) is 5. The molecule has 0 aliphatic carbocycles. The monoisotopic (exact) mass is 473 g/mol. The number of hydrogen-bond donors (Lipinski definition) is 1. The van der Waals surface area contributed by atoms with E-state index in [0.717, 1.165) is 45.3 Å². The quantitative estimate of drug-likeness (QED) is 0.559. The van der Waals surface area contributed by atoms with Gasteiger partial charge in [0, 0.05) is 57.8 Å². The number of ether oxygens (including phenoxy) is 1. The molecule has 1 atom stereocenters. The number of piperidine rings is 1. The molecule has 0 radical (unpaired) electrons. The van der Waals surface area contributed by atoms with Crippen molar-refractivity contribution in [2.24, 2.45) is 7.05 Å². The smallest absolute Gasteiger partial charge is 0.269 e. The maximum Gasteiger partial charge on any atom is 0.269 e. The van der Waals surface area contributed by atoms with Crippen molar-refractivity contribution in [1.29, 1.82) is 0 Å². The number of benzene rings is 2. The van der Waals surface area contributed by atoms with Gasteiger partial charge in [-0.2, -0.15) is 5.10 Å². The van der Waals surface area contributed by atoms with E-state index < -0.39 is 0 Å². The number of carbonyl (C=O) groups excluding carboxylic acids is 1. The Morgan fingerprint density at radius 3 is 2.46 bits per heavy atom. The topological polar surface area (TPSA) is 62.6 Å². The summed E-state index contributed by atoms with van der Waals surface area (Å²) in [7, 11) is 3.88. The zero-order valence-corrected chi connectivity index (χ0v) is 20.7. The first kappa shape index (κ1) is 23.6. The number of rotatable bonds is 7. The first-order valence-corrected chi connectivity index (χ1v) is 12.6. The normalized spacial score (nSPS) is 19.7. The SMILES string of the molecule is CN(c1ccccc1)c1ccc(CN2CCC3(CCC(CNC(=O)c4ccnn4C)O3)CC2)cc1. The summed E-state index contributed by atoms with van der Waals surface area (Å²) in [5, 5.41) is 7.08. The van der Waals surface area contributed by atoms with E-state index in [2.05, 4.69) is 75.8 Å². The Bertz CT molecular complexity index is 1120. The van der Waals surface area contributed by atoms with E-state index in [1.165, 1.54) is 16.9 Å². The van der Waals surface area contributed by atoms with Gasteiger partial charge in [-0.25, -0.2) is 0 Å². The average molecular weight is 474 g/mol. The summed E-state index contributed by atoms with van der Waals surface area (Å²) in [5.74, 6) is -0.0923. The van der Waals surface area contributed by atoms with Crippen LogP contribution in [0.25, 0.3) is 0 Å². The number of carbonyl (C=O) groups is 1. The lowest BCUT2D eigenvalue weighted by Gasteiger charge is -2.39. The lowest BCUT2D eigenvalue weighted by molar-refractivity contribution is -0.0764. The van der Waals surface area contributed by atoms with Gasteiger partial charge in [0.15, 0.2) is 0 Å². The van der Waals surface area contributed by atoms with Crippen molar-refractivity contribution < 1.29 is 9.53 Å². The van der Waals surface area contributed by atoms with Crippen molar-refractivity contribution in [3.8, 4) is 0 Å². The number of aryl methyl sites for hydroxylation is 1. The summed E-state index contributed by atoms with van der Waals surface area (Å²) in [6.45, 7) is 3.61. The molecule has 35 heavy (non-hydrogen) atoms. The second-order valence-corrected chi connectivity index (χ2v) is 9.85. The molecular weight excluding hydrogens is 438 g/mol. The summed E-state index contributed by atoms with van der Waals surface area (Å²) in [4.78, 5) is 17.1. The van der Waals surface area contributed by atoms with Gasteiger partial charge in [0.1, 0.15) is 5.69 Å². The molecule has 2 fully saturated rings. The van der Waals surface area contributed by atoms with Gasteiger partial charge < -0.3 is 15.0 Å². The van der Waals surface area contributed by atoms with Crippen LogP contribution in [0.1, 0.15) is 41.7 Å². The third kappa shape index (κ3) is 5.41. The fourth-order valence-electron chi connectivity index (χ4n) is 5.30. The van der Waals surface area contributed by atoms with Crippen molar-refractivity contribution in [1.82, 2.24) is 20.0 Å². The van der Waals surface area contributed by atoms with E-state index in [4.69, 9.17) is 4.74 Å². The number of nitrogens with one attached hydrogen (secondary N) is 1. The predicted molar refractivity (Wildman–Crippen MR) is 138 cm³/mol. The van der Waals surface area contributed by atoms with Gasteiger partial charge >= 0.3 is 0 Å². The molecule has 0 bridgehead atoms. The Kier molecular flexibility index (Phi) is 6.88. The van der Waals surface area contributed by atoms with Crippen LogP contribution < -0.4 is 10.2 Å². The van der Waals surface area contributed by atoms with E-state index >= 15 is 0 Å². The van der Waals surface area contributed by atoms with Crippen LogP contribution in [0.4, 0.5) is 11.4 Å². The van der Waals surface area contributed by atoms with Gasteiger partial charge in [0.25, 0.3) is 5.91 Å². The van der Waals surface area contributed by atoms with Crippen molar-refractivity contribution in [3.63, 3.8) is 0 Å². The lowest BCUT2D eigenvalue weighted by Crippen LogP contribution is -2.44. The number of anilines is 2. The Hall–Kier alpha value is -3.16. The van der Waals surface area contributed by atoms with E-state index in [1.807, 2.05) is 6.07 Å².